The molecule has 0 heterocycles. The zero-order valence-corrected chi connectivity index (χ0v) is 13.7. The number of hydrogen-bond acceptors (Lipinski definition) is 3. The Morgan fingerprint density at radius 2 is 1.95 bits per heavy atom. The molecule has 0 saturated heterocycles. The average Bonchev–Trinajstić information content (AvgIpc) is 2.42. The van der Waals surface area contributed by atoms with E-state index in [1.165, 1.54) is 16.7 Å². The minimum atomic E-state index is -0.851. The number of aryl methyl sites for hydroxylation is 2. The zero-order chi connectivity index (χ0) is 16.0. The highest BCUT2D eigenvalue weighted by Crippen LogP contribution is 2.23. The second-order valence-corrected chi connectivity index (χ2v) is 5.90. The van der Waals surface area contributed by atoms with Crippen molar-refractivity contribution in [2.45, 2.75) is 52.5 Å². The molecule has 0 bridgehead atoms. The van der Waals surface area contributed by atoms with Crippen molar-refractivity contribution in [2.75, 3.05) is 13.7 Å². The van der Waals surface area contributed by atoms with Crippen LogP contribution < -0.4 is 10.1 Å². The molecule has 0 saturated carbocycles. The van der Waals surface area contributed by atoms with Crippen LogP contribution in [0.2, 0.25) is 0 Å². The normalized spacial score (nSPS) is 13.8. The molecule has 1 rings (SSSR count). The standard InChI is InChI=1S/C17H27NO3/c1-12-10-13(2)14(3)15(11-12)21-9-7-6-8-17(4,18-5)16(19)20/h10-11,18H,6-9H2,1-5H3,(H,19,20). The number of carboxylic acid groups (broad SMARTS) is 1. The van der Waals surface area contributed by atoms with Crippen LogP contribution in [0, 0.1) is 20.8 Å². The molecule has 0 aromatic heterocycles. The maximum Gasteiger partial charge on any atom is 0.323 e. The van der Waals surface area contributed by atoms with E-state index in [2.05, 4.69) is 38.2 Å². The van der Waals surface area contributed by atoms with Crippen molar-refractivity contribution >= 4 is 5.97 Å². The summed E-state index contributed by atoms with van der Waals surface area (Å²) in [5, 5.41) is 12.0. The number of hydrogen-bond donors (Lipinski definition) is 2. The van der Waals surface area contributed by atoms with E-state index in [1.807, 2.05) is 0 Å². The second-order valence-electron chi connectivity index (χ2n) is 5.90. The highest BCUT2D eigenvalue weighted by Gasteiger charge is 2.30. The van der Waals surface area contributed by atoms with Gasteiger partial charge in [-0.3, -0.25) is 4.79 Å². The maximum atomic E-state index is 11.2. The molecule has 4 heteroatoms. The molecule has 1 aromatic carbocycles. The third-order valence-corrected chi connectivity index (χ3v) is 4.12. The molecular weight excluding hydrogens is 266 g/mol. The van der Waals surface area contributed by atoms with Gasteiger partial charge in [-0.2, -0.15) is 0 Å². The van der Waals surface area contributed by atoms with Crippen molar-refractivity contribution in [3.63, 3.8) is 0 Å². The van der Waals surface area contributed by atoms with Crippen molar-refractivity contribution in [3.05, 3.63) is 28.8 Å². The Morgan fingerprint density at radius 1 is 1.29 bits per heavy atom. The molecule has 2 N–H and O–H groups in total. The van der Waals surface area contributed by atoms with E-state index in [9.17, 15) is 9.90 Å². The molecule has 1 aromatic rings. The summed E-state index contributed by atoms with van der Waals surface area (Å²) in [5.41, 5.74) is 2.75. The first-order valence-corrected chi connectivity index (χ1v) is 7.43. The van der Waals surface area contributed by atoms with Crippen LogP contribution in [0.4, 0.5) is 0 Å². The van der Waals surface area contributed by atoms with E-state index in [1.54, 1.807) is 14.0 Å². The van der Waals surface area contributed by atoms with Gasteiger partial charge >= 0.3 is 5.97 Å². The molecule has 21 heavy (non-hydrogen) atoms. The van der Waals surface area contributed by atoms with Gasteiger partial charge < -0.3 is 15.2 Å². The van der Waals surface area contributed by atoms with E-state index in [4.69, 9.17) is 4.74 Å². The van der Waals surface area contributed by atoms with Gasteiger partial charge in [-0.1, -0.05) is 6.07 Å². The van der Waals surface area contributed by atoms with Gasteiger partial charge in [0.1, 0.15) is 11.3 Å². The summed E-state index contributed by atoms with van der Waals surface area (Å²) >= 11 is 0. The number of unbranched alkanes of at least 4 members (excludes halogenated alkanes) is 1. The Hall–Kier alpha value is -1.55. The van der Waals surface area contributed by atoms with Gasteiger partial charge in [-0.05, 0) is 76.8 Å². The number of aliphatic carboxylic acids is 1. The molecule has 118 valence electrons. The molecule has 4 nitrogen and oxygen atoms in total. The number of benzene rings is 1. The first-order chi connectivity index (χ1) is 9.80. The second kappa shape index (κ2) is 7.46. The van der Waals surface area contributed by atoms with Crippen molar-refractivity contribution < 1.29 is 14.6 Å². The van der Waals surface area contributed by atoms with Crippen LogP contribution in [-0.4, -0.2) is 30.3 Å². The molecule has 0 aliphatic carbocycles. The number of carboxylic acids is 1. The molecular formula is C17H27NO3. The van der Waals surface area contributed by atoms with E-state index in [0.717, 1.165) is 18.6 Å². The minimum absolute atomic E-state index is 0.591. The lowest BCUT2D eigenvalue weighted by Gasteiger charge is -2.24. The summed E-state index contributed by atoms with van der Waals surface area (Å²) in [4.78, 5) is 11.2. The quantitative estimate of drug-likeness (QED) is 0.723. The topological polar surface area (TPSA) is 58.6 Å². The summed E-state index contributed by atoms with van der Waals surface area (Å²) in [6.07, 6.45) is 2.25. The lowest BCUT2D eigenvalue weighted by Crippen LogP contribution is -2.47. The number of nitrogens with one attached hydrogen (secondary N) is 1. The van der Waals surface area contributed by atoms with Crippen molar-refractivity contribution in [2.24, 2.45) is 0 Å². The largest absolute Gasteiger partial charge is 0.493 e. The predicted molar refractivity (Wildman–Crippen MR) is 85.1 cm³/mol. The molecule has 1 atom stereocenters. The molecule has 0 aliphatic rings. The number of ether oxygens (including phenoxy) is 1. The van der Waals surface area contributed by atoms with Crippen molar-refractivity contribution in [1.29, 1.82) is 0 Å². The molecule has 1 unspecified atom stereocenters. The fourth-order valence-corrected chi connectivity index (χ4v) is 2.25. The maximum absolute atomic E-state index is 11.2. The van der Waals surface area contributed by atoms with E-state index in [0.29, 0.717) is 13.0 Å². The van der Waals surface area contributed by atoms with Gasteiger partial charge in [-0.15, -0.1) is 0 Å². The van der Waals surface area contributed by atoms with E-state index < -0.39 is 11.5 Å². The first-order valence-electron chi connectivity index (χ1n) is 7.43. The van der Waals surface area contributed by atoms with Gasteiger partial charge in [0.15, 0.2) is 0 Å². The van der Waals surface area contributed by atoms with Crippen LogP contribution in [0.1, 0.15) is 42.9 Å². The molecule has 0 radical (unpaired) electrons. The number of rotatable bonds is 8. The monoisotopic (exact) mass is 293 g/mol. The Labute approximate surface area is 127 Å². The summed E-state index contributed by atoms with van der Waals surface area (Å²) in [6, 6.07) is 4.20. The number of likely N-dealkylation sites (N-methyl/N-ethyl adjacent to an activating group) is 1. The Balaban J connectivity index is 2.44. The minimum Gasteiger partial charge on any atom is -0.493 e. The van der Waals surface area contributed by atoms with Crippen molar-refractivity contribution in [1.82, 2.24) is 5.32 Å². The van der Waals surface area contributed by atoms with Gasteiger partial charge in [0.05, 0.1) is 6.61 Å². The third kappa shape index (κ3) is 4.74. The van der Waals surface area contributed by atoms with Gasteiger partial charge in [0.25, 0.3) is 0 Å². The highest BCUT2D eigenvalue weighted by molar-refractivity contribution is 5.78. The van der Waals surface area contributed by atoms with Crippen LogP contribution in [0.25, 0.3) is 0 Å². The van der Waals surface area contributed by atoms with Crippen LogP contribution in [-0.2, 0) is 4.79 Å². The lowest BCUT2D eigenvalue weighted by atomic mass is 9.95. The van der Waals surface area contributed by atoms with Crippen LogP contribution >= 0.6 is 0 Å². The SMILES string of the molecule is CNC(C)(CCCCOc1cc(C)cc(C)c1C)C(=O)O. The van der Waals surface area contributed by atoms with Crippen molar-refractivity contribution in [3.8, 4) is 5.75 Å². The van der Waals surface area contributed by atoms with E-state index in [-0.39, 0.29) is 0 Å². The van der Waals surface area contributed by atoms with Gasteiger partial charge in [0, 0.05) is 0 Å². The fraction of sp³-hybridized carbons (Fsp3) is 0.588. The van der Waals surface area contributed by atoms with Gasteiger partial charge in [0.2, 0.25) is 0 Å². The fourth-order valence-electron chi connectivity index (χ4n) is 2.25. The molecule has 0 amide bonds. The predicted octanol–water partition coefficient (Wildman–Crippen LogP) is 3.22. The molecule has 0 spiro atoms. The zero-order valence-electron chi connectivity index (χ0n) is 13.7. The third-order valence-electron chi connectivity index (χ3n) is 4.12. The summed E-state index contributed by atoms with van der Waals surface area (Å²) in [5.74, 6) is 0.123. The molecule has 0 aliphatic heterocycles. The summed E-state index contributed by atoms with van der Waals surface area (Å²) < 4.78 is 5.84. The van der Waals surface area contributed by atoms with Gasteiger partial charge in [-0.25, -0.2) is 0 Å². The molecule has 0 fully saturated rings. The highest BCUT2D eigenvalue weighted by atomic mass is 16.5. The summed E-state index contributed by atoms with van der Waals surface area (Å²) in [7, 11) is 1.68. The van der Waals surface area contributed by atoms with Crippen LogP contribution in [0.3, 0.4) is 0 Å². The first kappa shape index (κ1) is 17.5. The van der Waals surface area contributed by atoms with Crippen LogP contribution in [0.5, 0.6) is 5.75 Å². The Kier molecular flexibility index (Phi) is 6.21. The Morgan fingerprint density at radius 3 is 2.52 bits per heavy atom. The Bertz CT molecular complexity index is 499. The average molecular weight is 293 g/mol. The summed E-state index contributed by atoms with van der Waals surface area (Å²) in [6.45, 7) is 8.53. The number of carbonyl (C=O) groups is 1. The smallest absolute Gasteiger partial charge is 0.323 e. The van der Waals surface area contributed by atoms with Crippen LogP contribution in [0.15, 0.2) is 12.1 Å². The lowest BCUT2D eigenvalue weighted by molar-refractivity contribution is -0.144. The van der Waals surface area contributed by atoms with E-state index >= 15 is 0 Å².